The Balaban J connectivity index is 0.00000264. The molecule has 12 heteroatoms. The summed E-state index contributed by atoms with van der Waals surface area (Å²) in [6, 6.07) is 7.50. The van der Waals surface area contributed by atoms with Gasteiger partial charge >= 0.3 is 103 Å². The van der Waals surface area contributed by atoms with Gasteiger partial charge in [-0.3, -0.25) is 0 Å². The molecule has 24 heavy (non-hydrogen) atoms. The first-order chi connectivity index (χ1) is 10.00. The van der Waals surface area contributed by atoms with Crippen molar-refractivity contribution >= 4 is 52.1 Å². The van der Waals surface area contributed by atoms with E-state index in [1.807, 2.05) is 0 Å². The van der Waals surface area contributed by atoms with Crippen molar-refractivity contribution in [3.63, 3.8) is 0 Å². The largest absolute Gasteiger partial charge is 1.00 e. The van der Waals surface area contributed by atoms with E-state index in [2.05, 4.69) is 31.9 Å². The fraction of sp³-hybridized carbons (Fsp3) is 0. The standard InChI is InChI=1S/C12H8Br2O6S2.2K/c13-7-1-3-9(11(5-7)21(15,16)17)10-4-2-8(14)6-12(10)22(18,19)20;;/h1-6H,(H,15,16,17)(H,18,19,20);;/q;2*+1/p-2. The van der Waals surface area contributed by atoms with Crippen LogP contribution in [0.4, 0.5) is 0 Å². The summed E-state index contributed by atoms with van der Waals surface area (Å²) >= 11 is 6.08. The SMILES string of the molecule is O=S(=O)([O-])c1cc(Br)ccc1-c1ccc(Br)cc1S(=O)(=O)[O-].[K+].[K+]. The molecule has 0 unspecified atom stereocenters. The van der Waals surface area contributed by atoms with Gasteiger partial charge in [0.2, 0.25) is 0 Å². The zero-order valence-corrected chi connectivity index (χ0v) is 23.5. The Hall–Kier alpha value is 2.49. The first-order valence-corrected chi connectivity index (χ1v) is 9.91. The normalized spacial score (nSPS) is 11.3. The zero-order chi connectivity index (χ0) is 16.7. The van der Waals surface area contributed by atoms with E-state index < -0.39 is 30.0 Å². The molecule has 0 atom stereocenters. The summed E-state index contributed by atoms with van der Waals surface area (Å²) in [6.07, 6.45) is 0. The van der Waals surface area contributed by atoms with E-state index in [4.69, 9.17) is 0 Å². The Morgan fingerprint density at radius 3 is 1.21 bits per heavy atom. The molecule has 0 aliphatic heterocycles. The number of hydrogen-bond acceptors (Lipinski definition) is 6. The second-order valence-electron chi connectivity index (χ2n) is 4.19. The van der Waals surface area contributed by atoms with E-state index in [1.165, 1.54) is 24.3 Å². The molecule has 2 rings (SSSR count). The first-order valence-electron chi connectivity index (χ1n) is 5.51. The van der Waals surface area contributed by atoms with Gasteiger partial charge in [-0.05, 0) is 24.3 Å². The van der Waals surface area contributed by atoms with Crippen LogP contribution in [-0.2, 0) is 20.2 Å². The predicted molar refractivity (Wildman–Crippen MR) is 83.2 cm³/mol. The minimum Gasteiger partial charge on any atom is -0.744 e. The van der Waals surface area contributed by atoms with Gasteiger partial charge < -0.3 is 9.11 Å². The van der Waals surface area contributed by atoms with Gasteiger partial charge in [0.15, 0.2) is 0 Å². The molecule has 6 nitrogen and oxygen atoms in total. The van der Waals surface area contributed by atoms with E-state index >= 15 is 0 Å². The molecular weight excluding hydrogens is 542 g/mol. The third-order valence-corrected chi connectivity index (χ3v) is 5.46. The molecule has 0 saturated heterocycles. The maximum atomic E-state index is 11.4. The smallest absolute Gasteiger partial charge is 0.744 e. The van der Waals surface area contributed by atoms with Gasteiger partial charge in [0.05, 0.1) is 9.79 Å². The minimum atomic E-state index is -4.87. The Kier molecular flexibility index (Phi) is 11.4. The summed E-state index contributed by atoms with van der Waals surface area (Å²) in [5.74, 6) is 0. The second-order valence-corrected chi connectivity index (χ2v) is 8.72. The summed E-state index contributed by atoms with van der Waals surface area (Å²) in [6.45, 7) is 0. The summed E-state index contributed by atoms with van der Waals surface area (Å²) in [4.78, 5) is -1.23. The van der Waals surface area contributed by atoms with Gasteiger partial charge in [0.1, 0.15) is 20.2 Å². The van der Waals surface area contributed by atoms with Crippen LogP contribution in [-0.4, -0.2) is 25.9 Å². The molecule has 2 aromatic rings. The fourth-order valence-corrected chi connectivity index (χ4v) is 4.31. The molecule has 0 N–H and O–H groups in total. The van der Waals surface area contributed by atoms with Crippen LogP contribution >= 0.6 is 31.9 Å². The fourth-order valence-electron chi connectivity index (χ4n) is 1.85. The van der Waals surface area contributed by atoms with Crippen molar-refractivity contribution in [2.45, 2.75) is 9.79 Å². The maximum Gasteiger partial charge on any atom is 1.00 e. The van der Waals surface area contributed by atoms with Crippen molar-refractivity contribution < 1.29 is 129 Å². The second kappa shape index (κ2) is 10.3. The molecule has 0 saturated carbocycles. The van der Waals surface area contributed by atoms with Crippen LogP contribution in [0.1, 0.15) is 0 Å². The number of hydrogen-bond donors (Lipinski definition) is 0. The Morgan fingerprint density at radius 2 is 0.958 bits per heavy atom. The molecule has 0 spiro atoms. The Bertz CT molecular complexity index is 882. The minimum absolute atomic E-state index is 0. The van der Waals surface area contributed by atoms with Crippen molar-refractivity contribution in [1.82, 2.24) is 0 Å². The van der Waals surface area contributed by atoms with Gasteiger partial charge in [-0.1, -0.05) is 44.0 Å². The third kappa shape index (κ3) is 6.83. The molecule has 0 heterocycles. The van der Waals surface area contributed by atoms with E-state index in [-0.39, 0.29) is 114 Å². The summed E-state index contributed by atoms with van der Waals surface area (Å²) in [7, 11) is -9.73. The average molecular weight is 548 g/mol. The predicted octanol–water partition coefficient (Wildman–Crippen LogP) is -3.31. The quantitative estimate of drug-likeness (QED) is 0.294. The van der Waals surface area contributed by atoms with Crippen LogP contribution in [0.15, 0.2) is 55.1 Å². The van der Waals surface area contributed by atoms with Crippen molar-refractivity contribution in [3.8, 4) is 11.1 Å². The Labute approximate surface area is 241 Å². The molecule has 0 aliphatic rings. The summed E-state index contributed by atoms with van der Waals surface area (Å²) in [5, 5.41) is 0. The van der Waals surface area contributed by atoms with Crippen LogP contribution in [0.25, 0.3) is 11.1 Å². The summed E-state index contributed by atoms with van der Waals surface area (Å²) in [5.41, 5.74) is -0.305. The maximum absolute atomic E-state index is 11.4. The van der Waals surface area contributed by atoms with Crippen LogP contribution in [0, 0.1) is 0 Å². The van der Waals surface area contributed by atoms with E-state index in [0.717, 1.165) is 12.1 Å². The van der Waals surface area contributed by atoms with Crippen molar-refractivity contribution in [2.24, 2.45) is 0 Å². The number of rotatable bonds is 3. The van der Waals surface area contributed by atoms with Gasteiger partial charge in [-0.15, -0.1) is 0 Å². The van der Waals surface area contributed by atoms with E-state index in [9.17, 15) is 25.9 Å². The van der Waals surface area contributed by atoms with Gasteiger partial charge in [-0.2, -0.15) is 0 Å². The number of benzene rings is 2. The molecule has 0 fully saturated rings. The first kappa shape index (κ1) is 26.5. The number of halogens is 2. The van der Waals surface area contributed by atoms with Crippen molar-refractivity contribution in [3.05, 3.63) is 45.3 Å². The van der Waals surface area contributed by atoms with Crippen molar-refractivity contribution in [2.75, 3.05) is 0 Å². The van der Waals surface area contributed by atoms with Crippen LogP contribution < -0.4 is 103 Å². The average Bonchev–Trinajstić information content (AvgIpc) is 2.37. The molecule has 2 aromatic carbocycles. The topological polar surface area (TPSA) is 114 Å². The van der Waals surface area contributed by atoms with E-state index in [0.29, 0.717) is 8.95 Å². The van der Waals surface area contributed by atoms with Crippen molar-refractivity contribution in [1.29, 1.82) is 0 Å². The van der Waals surface area contributed by atoms with Gasteiger partial charge in [-0.25, -0.2) is 16.8 Å². The molecule has 0 bridgehead atoms. The molecule has 0 amide bonds. The molecule has 0 radical (unpaired) electrons. The van der Waals surface area contributed by atoms with E-state index in [1.54, 1.807) is 0 Å². The van der Waals surface area contributed by atoms with Crippen LogP contribution in [0.3, 0.4) is 0 Å². The summed E-state index contributed by atoms with van der Waals surface area (Å²) < 4.78 is 69.0. The van der Waals surface area contributed by atoms with Crippen LogP contribution in [0.5, 0.6) is 0 Å². The molecule has 0 aliphatic carbocycles. The van der Waals surface area contributed by atoms with Gasteiger partial charge in [0.25, 0.3) is 0 Å². The zero-order valence-electron chi connectivity index (χ0n) is 12.5. The third-order valence-electron chi connectivity index (χ3n) is 2.72. The molecule has 0 aromatic heterocycles. The Morgan fingerprint density at radius 1 is 0.667 bits per heavy atom. The van der Waals surface area contributed by atoms with Crippen LogP contribution in [0.2, 0.25) is 0 Å². The monoisotopic (exact) mass is 546 g/mol. The van der Waals surface area contributed by atoms with Gasteiger partial charge in [0, 0.05) is 20.1 Å². The molecule has 118 valence electrons. The molecular formula is C12H6Br2K2O6S2.